The van der Waals surface area contributed by atoms with Gasteiger partial charge in [-0.25, -0.2) is 4.39 Å². The van der Waals surface area contributed by atoms with Crippen LogP contribution in [0.3, 0.4) is 0 Å². The number of fused-ring (bicyclic) bond motifs is 1. The molecular formula is C23H23FN4O4. The first-order chi connectivity index (χ1) is 15.6. The molecule has 1 unspecified atom stereocenters. The van der Waals surface area contributed by atoms with E-state index in [4.69, 9.17) is 14.0 Å². The summed E-state index contributed by atoms with van der Waals surface area (Å²) in [5, 5.41) is 6.79. The predicted octanol–water partition coefficient (Wildman–Crippen LogP) is 3.95. The van der Waals surface area contributed by atoms with Crippen molar-refractivity contribution in [2.24, 2.45) is 0 Å². The van der Waals surface area contributed by atoms with Gasteiger partial charge >= 0.3 is 0 Å². The molecule has 0 bridgehead atoms. The Kier molecular flexibility index (Phi) is 5.38. The van der Waals surface area contributed by atoms with Crippen molar-refractivity contribution >= 4 is 17.3 Å². The first kappa shape index (κ1) is 20.3. The van der Waals surface area contributed by atoms with Crippen molar-refractivity contribution in [2.75, 3.05) is 30.0 Å². The summed E-state index contributed by atoms with van der Waals surface area (Å²) in [6.07, 6.45) is 2.43. The summed E-state index contributed by atoms with van der Waals surface area (Å²) < 4.78 is 31.2. The largest absolute Gasteiger partial charge is 0.486 e. The number of nitrogens with one attached hydrogen (secondary N) is 1. The Labute approximate surface area is 184 Å². The maximum absolute atomic E-state index is 15.1. The van der Waals surface area contributed by atoms with Gasteiger partial charge in [0.15, 0.2) is 11.5 Å². The van der Waals surface area contributed by atoms with E-state index in [-0.39, 0.29) is 5.91 Å². The maximum atomic E-state index is 15.1. The Balaban J connectivity index is 1.36. The van der Waals surface area contributed by atoms with E-state index in [0.717, 1.165) is 12.8 Å². The summed E-state index contributed by atoms with van der Waals surface area (Å²) in [6.45, 7) is 3.25. The summed E-state index contributed by atoms with van der Waals surface area (Å²) >= 11 is 0. The number of rotatable bonds is 4. The number of aryl methyl sites for hydroxylation is 1. The summed E-state index contributed by atoms with van der Waals surface area (Å²) in [5.41, 5.74) is 1.53. The number of carbonyl (C=O) groups excluding carboxylic acids is 1. The van der Waals surface area contributed by atoms with Crippen LogP contribution in [0.4, 0.5) is 15.8 Å². The van der Waals surface area contributed by atoms with Gasteiger partial charge in [0.2, 0.25) is 17.6 Å². The second kappa shape index (κ2) is 8.49. The molecule has 0 saturated carbocycles. The van der Waals surface area contributed by atoms with Gasteiger partial charge in [0, 0.05) is 30.8 Å². The van der Waals surface area contributed by atoms with E-state index < -0.39 is 11.9 Å². The number of nitrogens with zero attached hydrogens (tertiary/aromatic N) is 3. The van der Waals surface area contributed by atoms with Crippen molar-refractivity contribution in [1.29, 1.82) is 0 Å². The monoisotopic (exact) mass is 438 g/mol. The molecule has 1 fully saturated rings. The van der Waals surface area contributed by atoms with Gasteiger partial charge in [0.25, 0.3) is 0 Å². The molecule has 1 N–H and O–H groups in total. The van der Waals surface area contributed by atoms with Crippen molar-refractivity contribution < 1.29 is 23.2 Å². The van der Waals surface area contributed by atoms with Crippen molar-refractivity contribution in [1.82, 2.24) is 10.1 Å². The molecule has 9 heteroatoms. The SMILES string of the molecule is Cc1nc(-c2ccc(N3CCCCC3C(=O)Nc3ccc4c(c3)OCCO4)c(F)c2)no1. The van der Waals surface area contributed by atoms with Gasteiger partial charge < -0.3 is 24.2 Å². The number of hydrogen-bond acceptors (Lipinski definition) is 7. The number of halogens is 1. The number of aromatic nitrogens is 2. The van der Waals surface area contributed by atoms with E-state index in [9.17, 15) is 4.79 Å². The van der Waals surface area contributed by atoms with Crippen LogP contribution in [0.1, 0.15) is 25.2 Å². The van der Waals surface area contributed by atoms with Gasteiger partial charge in [-0.15, -0.1) is 0 Å². The van der Waals surface area contributed by atoms with E-state index in [1.54, 1.807) is 37.3 Å². The van der Waals surface area contributed by atoms with Crippen LogP contribution in [-0.4, -0.2) is 41.8 Å². The van der Waals surface area contributed by atoms with Crippen molar-refractivity contribution in [3.8, 4) is 22.9 Å². The lowest BCUT2D eigenvalue weighted by Crippen LogP contribution is -2.47. The number of anilines is 2. The first-order valence-corrected chi connectivity index (χ1v) is 10.7. The van der Waals surface area contributed by atoms with Crippen LogP contribution in [-0.2, 0) is 4.79 Å². The predicted molar refractivity (Wildman–Crippen MR) is 115 cm³/mol. The molecule has 3 heterocycles. The van der Waals surface area contributed by atoms with Gasteiger partial charge in [-0.05, 0) is 49.6 Å². The molecular weight excluding hydrogens is 415 g/mol. The van der Waals surface area contributed by atoms with Crippen molar-refractivity contribution in [2.45, 2.75) is 32.2 Å². The minimum absolute atomic E-state index is 0.182. The van der Waals surface area contributed by atoms with Crippen molar-refractivity contribution in [3.05, 3.63) is 48.1 Å². The van der Waals surface area contributed by atoms with Gasteiger partial charge in [-0.1, -0.05) is 5.16 Å². The van der Waals surface area contributed by atoms with Gasteiger partial charge in [-0.2, -0.15) is 4.98 Å². The highest BCUT2D eigenvalue weighted by Gasteiger charge is 2.31. The third kappa shape index (κ3) is 3.98. The zero-order chi connectivity index (χ0) is 22.1. The smallest absolute Gasteiger partial charge is 0.247 e. The molecule has 8 nitrogen and oxygen atoms in total. The van der Waals surface area contributed by atoms with E-state index in [1.807, 2.05) is 4.90 Å². The molecule has 1 amide bonds. The van der Waals surface area contributed by atoms with Crippen LogP contribution in [0.2, 0.25) is 0 Å². The third-order valence-electron chi connectivity index (χ3n) is 5.66. The van der Waals surface area contributed by atoms with Gasteiger partial charge in [-0.3, -0.25) is 4.79 Å². The number of piperidine rings is 1. The normalized spacial score (nSPS) is 17.8. The minimum Gasteiger partial charge on any atom is -0.486 e. The van der Waals surface area contributed by atoms with Crippen LogP contribution in [0.5, 0.6) is 11.5 Å². The fraction of sp³-hybridized carbons (Fsp3) is 0.348. The fourth-order valence-electron chi connectivity index (χ4n) is 4.13. The van der Waals surface area contributed by atoms with Crippen molar-refractivity contribution in [3.63, 3.8) is 0 Å². The molecule has 2 aliphatic rings. The summed E-state index contributed by atoms with van der Waals surface area (Å²) in [7, 11) is 0. The molecule has 1 saturated heterocycles. The van der Waals surface area contributed by atoms with E-state index >= 15 is 4.39 Å². The molecule has 2 aliphatic heterocycles. The van der Waals surface area contributed by atoms with Gasteiger partial charge in [0.1, 0.15) is 25.1 Å². The molecule has 166 valence electrons. The molecule has 32 heavy (non-hydrogen) atoms. The first-order valence-electron chi connectivity index (χ1n) is 10.7. The number of amides is 1. The van der Waals surface area contributed by atoms with E-state index in [1.165, 1.54) is 6.07 Å². The summed E-state index contributed by atoms with van der Waals surface area (Å²) in [6, 6.07) is 9.62. The Bertz CT molecular complexity index is 1150. The lowest BCUT2D eigenvalue weighted by Gasteiger charge is -2.36. The van der Waals surface area contributed by atoms with E-state index in [2.05, 4.69) is 15.5 Å². The number of hydrogen-bond donors (Lipinski definition) is 1. The summed E-state index contributed by atoms with van der Waals surface area (Å²) in [4.78, 5) is 19.1. The van der Waals surface area contributed by atoms with E-state index in [0.29, 0.717) is 66.3 Å². The number of ether oxygens (including phenoxy) is 2. The second-order valence-corrected chi connectivity index (χ2v) is 7.86. The minimum atomic E-state index is -0.482. The number of carbonyl (C=O) groups is 1. The lowest BCUT2D eigenvalue weighted by atomic mass is 9.99. The Morgan fingerprint density at radius 2 is 1.97 bits per heavy atom. The topological polar surface area (TPSA) is 89.7 Å². The second-order valence-electron chi connectivity index (χ2n) is 7.86. The zero-order valence-electron chi connectivity index (χ0n) is 17.6. The highest BCUT2D eigenvalue weighted by molar-refractivity contribution is 5.97. The van der Waals surface area contributed by atoms with Crippen LogP contribution >= 0.6 is 0 Å². The van der Waals surface area contributed by atoms with Crippen LogP contribution in [0.15, 0.2) is 40.9 Å². The highest BCUT2D eigenvalue weighted by Crippen LogP contribution is 2.34. The quantitative estimate of drug-likeness (QED) is 0.660. The Hall–Kier alpha value is -3.62. The molecule has 1 atom stereocenters. The van der Waals surface area contributed by atoms with Crippen LogP contribution < -0.4 is 19.7 Å². The Morgan fingerprint density at radius 3 is 2.75 bits per heavy atom. The lowest BCUT2D eigenvalue weighted by molar-refractivity contribution is -0.117. The molecule has 3 aromatic rings. The van der Waals surface area contributed by atoms with Gasteiger partial charge in [0.05, 0.1) is 5.69 Å². The number of benzene rings is 2. The highest BCUT2D eigenvalue weighted by atomic mass is 19.1. The molecule has 1 aromatic heterocycles. The van der Waals surface area contributed by atoms with Crippen LogP contribution in [0.25, 0.3) is 11.4 Å². The fourth-order valence-corrected chi connectivity index (χ4v) is 4.13. The molecule has 0 aliphatic carbocycles. The standard InChI is InChI=1S/C23H23FN4O4/c1-14-25-22(27-32-14)15-5-7-18(17(24)12-15)28-9-3-2-4-19(28)23(29)26-16-6-8-20-21(13-16)31-11-10-30-20/h5-8,12-13,19H,2-4,9-11H2,1H3,(H,26,29). The van der Waals surface area contributed by atoms with Crippen LogP contribution in [0, 0.1) is 12.7 Å². The summed E-state index contributed by atoms with van der Waals surface area (Å²) in [5.74, 6) is 1.40. The third-order valence-corrected chi connectivity index (χ3v) is 5.66. The average Bonchev–Trinajstić information content (AvgIpc) is 3.25. The molecule has 5 rings (SSSR count). The molecule has 0 spiro atoms. The molecule has 0 radical (unpaired) electrons. The molecule has 2 aromatic carbocycles. The maximum Gasteiger partial charge on any atom is 0.247 e. The Morgan fingerprint density at radius 1 is 1.12 bits per heavy atom. The average molecular weight is 438 g/mol. The zero-order valence-corrected chi connectivity index (χ0v) is 17.6.